The predicted molar refractivity (Wildman–Crippen MR) is 79.8 cm³/mol. The van der Waals surface area contributed by atoms with Crippen LogP contribution in [0.1, 0.15) is 38.7 Å². The van der Waals surface area contributed by atoms with E-state index in [4.69, 9.17) is 9.47 Å². The fraction of sp³-hybridized carbons (Fsp3) is 0.562. The molecule has 5 heteroatoms. The van der Waals surface area contributed by atoms with Crippen LogP contribution in [0.4, 0.5) is 4.39 Å². The summed E-state index contributed by atoms with van der Waals surface area (Å²) in [7, 11) is 0. The van der Waals surface area contributed by atoms with Crippen LogP contribution < -0.4 is 10.1 Å². The van der Waals surface area contributed by atoms with Gasteiger partial charge < -0.3 is 14.8 Å². The summed E-state index contributed by atoms with van der Waals surface area (Å²) in [5, 5.41) is 3.19. The highest BCUT2D eigenvalue weighted by Crippen LogP contribution is 2.19. The van der Waals surface area contributed by atoms with E-state index in [0.717, 1.165) is 25.8 Å². The van der Waals surface area contributed by atoms with E-state index in [-0.39, 0.29) is 12.4 Å². The van der Waals surface area contributed by atoms with Gasteiger partial charge in [0.05, 0.1) is 6.61 Å². The molecule has 118 valence electrons. The summed E-state index contributed by atoms with van der Waals surface area (Å²) in [5.41, 5.74) is 0.699. The van der Waals surface area contributed by atoms with Gasteiger partial charge in [0.15, 0.2) is 6.61 Å². The summed E-state index contributed by atoms with van der Waals surface area (Å²) >= 11 is 0. The standard InChI is InChI=1S/C16H24FNO3/c1-3-5-9-20-16(19)12-21-15-7-6-14(17)10-13(15)11-18-8-4-2/h6-7,10,18H,3-5,8-9,11-12H2,1-2H3. The van der Waals surface area contributed by atoms with Crippen LogP contribution in [0.3, 0.4) is 0 Å². The zero-order valence-electron chi connectivity index (χ0n) is 12.8. The van der Waals surface area contributed by atoms with Crippen LogP contribution in [0.25, 0.3) is 0 Å². The quantitative estimate of drug-likeness (QED) is 0.532. The molecule has 0 spiro atoms. The second-order valence-electron chi connectivity index (χ2n) is 4.79. The summed E-state index contributed by atoms with van der Waals surface area (Å²) in [6, 6.07) is 4.28. The molecule has 1 aromatic rings. The number of carbonyl (C=O) groups is 1. The van der Waals surface area contributed by atoms with E-state index >= 15 is 0 Å². The van der Waals surface area contributed by atoms with E-state index < -0.39 is 5.97 Å². The Hall–Kier alpha value is -1.62. The van der Waals surface area contributed by atoms with E-state index in [9.17, 15) is 9.18 Å². The maximum Gasteiger partial charge on any atom is 0.344 e. The van der Waals surface area contributed by atoms with Gasteiger partial charge in [0, 0.05) is 12.1 Å². The maximum absolute atomic E-state index is 13.3. The van der Waals surface area contributed by atoms with Crippen molar-refractivity contribution in [3.05, 3.63) is 29.6 Å². The molecule has 0 bridgehead atoms. The van der Waals surface area contributed by atoms with Crippen LogP contribution in [0.15, 0.2) is 18.2 Å². The van der Waals surface area contributed by atoms with Crippen molar-refractivity contribution >= 4 is 5.97 Å². The number of hydrogen-bond donors (Lipinski definition) is 1. The van der Waals surface area contributed by atoms with Crippen LogP contribution in [-0.2, 0) is 16.1 Å². The van der Waals surface area contributed by atoms with Crippen LogP contribution in [0, 0.1) is 5.82 Å². The lowest BCUT2D eigenvalue weighted by Gasteiger charge is -2.12. The van der Waals surface area contributed by atoms with E-state index in [1.54, 1.807) is 0 Å². The molecule has 0 amide bonds. The first-order chi connectivity index (χ1) is 10.2. The average Bonchev–Trinajstić information content (AvgIpc) is 2.47. The van der Waals surface area contributed by atoms with Crippen molar-refractivity contribution in [2.45, 2.75) is 39.7 Å². The van der Waals surface area contributed by atoms with Gasteiger partial charge in [-0.15, -0.1) is 0 Å². The first-order valence-electron chi connectivity index (χ1n) is 7.45. The molecule has 1 rings (SSSR count). The highest BCUT2D eigenvalue weighted by molar-refractivity contribution is 5.71. The van der Waals surface area contributed by atoms with Crippen molar-refractivity contribution in [1.29, 1.82) is 0 Å². The van der Waals surface area contributed by atoms with Gasteiger partial charge in [-0.25, -0.2) is 9.18 Å². The number of unbranched alkanes of at least 4 members (excludes halogenated alkanes) is 1. The van der Waals surface area contributed by atoms with E-state index in [1.807, 2.05) is 6.92 Å². The number of ether oxygens (including phenoxy) is 2. The summed E-state index contributed by atoms with van der Waals surface area (Å²) < 4.78 is 23.7. The molecule has 0 atom stereocenters. The number of hydrogen-bond acceptors (Lipinski definition) is 4. The molecule has 21 heavy (non-hydrogen) atoms. The van der Waals surface area contributed by atoms with Gasteiger partial charge in [-0.05, 0) is 37.6 Å². The van der Waals surface area contributed by atoms with Gasteiger partial charge in [-0.1, -0.05) is 20.3 Å². The lowest BCUT2D eigenvalue weighted by Crippen LogP contribution is -2.18. The van der Waals surface area contributed by atoms with Crippen LogP contribution >= 0.6 is 0 Å². The molecule has 0 aromatic heterocycles. The van der Waals surface area contributed by atoms with E-state index in [0.29, 0.717) is 24.5 Å². The molecular weight excluding hydrogens is 273 g/mol. The smallest absolute Gasteiger partial charge is 0.344 e. The Morgan fingerprint density at radius 3 is 2.81 bits per heavy atom. The van der Waals surface area contributed by atoms with E-state index in [1.165, 1.54) is 18.2 Å². The summed E-state index contributed by atoms with van der Waals surface area (Å²) in [5.74, 6) is -0.214. The number of nitrogens with one attached hydrogen (secondary N) is 1. The average molecular weight is 297 g/mol. The monoisotopic (exact) mass is 297 g/mol. The molecule has 0 unspecified atom stereocenters. The van der Waals surface area contributed by atoms with Gasteiger partial charge in [0.1, 0.15) is 11.6 Å². The zero-order chi connectivity index (χ0) is 15.5. The molecule has 4 nitrogen and oxygen atoms in total. The number of esters is 1. The molecular formula is C16H24FNO3. The fourth-order valence-electron chi connectivity index (χ4n) is 1.74. The Balaban J connectivity index is 2.50. The topological polar surface area (TPSA) is 47.6 Å². The first-order valence-corrected chi connectivity index (χ1v) is 7.45. The molecule has 0 aliphatic rings. The number of carbonyl (C=O) groups excluding carboxylic acids is 1. The Kier molecular flexibility index (Phi) is 8.43. The molecule has 0 heterocycles. The minimum atomic E-state index is -0.403. The Morgan fingerprint density at radius 2 is 2.10 bits per heavy atom. The van der Waals surface area contributed by atoms with Crippen molar-refractivity contribution in [3.63, 3.8) is 0 Å². The third-order valence-electron chi connectivity index (χ3n) is 2.87. The summed E-state index contributed by atoms with van der Waals surface area (Å²) in [6.45, 7) is 5.69. The SMILES string of the molecule is CCCCOC(=O)COc1ccc(F)cc1CNCCC. The first kappa shape index (κ1) is 17.4. The predicted octanol–water partition coefficient (Wildman–Crippen LogP) is 3.05. The Labute approximate surface area is 125 Å². The second-order valence-corrected chi connectivity index (χ2v) is 4.79. The van der Waals surface area contributed by atoms with Crippen LogP contribution in [0.2, 0.25) is 0 Å². The maximum atomic E-state index is 13.3. The van der Waals surface area contributed by atoms with E-state index in [2.05, 4.69) is 12.2 Å². The largest absolute Gasteiger partial charge is 0.482 e. The fourth-order valence-corrected chi connectivity index (χ4v) is 1.74. The van der Waals surface area contributed by atoms with Crippen molar-refractivity contribution in [1.82, 2.24) is 5.32 Å². The van der Waals surface area contributed by atoms with Crippen molar-refractivity contribution in [2.75, 3.05) is 19.8 Å². The molecule has 0 fully saturated rings. The third kappa shape index (κ3) is 7.09. The number of halogens is 1. The van der Waals surface area contributed by atoms with Crippen LogP contribution in [0.5, 0.6) is 5.75 Å². The van der Waals surface area contributed by atoms with Gasteiger partial charge in [0.25, 0.3) is 0 Å². The molecule has 0 aliphatic carbocycles. The molecule has 0 saturated carbocycles. The molecule has 0 aliphatic heterocycles. The van der Waals surface area contributed by atoms with Gasteiger partial charge in [-0.2, -0.15) is 0 Å². The lowest BCUT2D eigenvalue weighted by molar-refractivity contribution is -0.146. The lowest BCUT2D eigenvalue weighted by atomic mass is 10.2. The van der Waals surface area contributed by atoms with Crippen molar-refractivity contribution in [3.8, 4) is 5.75 Å². The number of rotatable bonds is 10. The highest BCUT2D eigenvalue weighted by Gasteiger charge is 2.09. The molecule has 1 N–H and O–H groups in total. The minimum Gasteiger partial charge on any atom is -0.482 e. The van der Waals surface area contributed by atoms with Gasteiger partial charge >= 0.3 is 5.97 Å². The molecule has 0 radical (unpaired) electrons. The molecule has 0 saturated heterocycles. The van der Waals surface area contributed by atoms with Gasteiger partial charge in [0.2, 0.25) is 0 Å². The Morgan fingerprint density at radius 1 is 1.29 bits per heavy atom. The van der Waals surface area contributed by atoms with Crippen LogP contribution in [-0.4, -0.2) is 25.7 Å². The normalized spacial score (nSPS) is 10.4. The number of benzene rings is 1. The van der Waals surface area contributed by atoms with Crippen molar-refractivity contribution < 1.29 is 18.7 Å². The Bertz CT molecular complexity index is 438. The minimum absolute atomic E-state index is 0.157. The zero-order valence-corrected chi connectivity index (χ0v) is 12.8. The van der Waals surface area contributed by atoms with Gasteiger partial charge in [-0.3, -0.25) is 0 Å². The van der Waals surface area contributed by atoms with Crippen molar-refractivity contribution in [2.24, 2.45) is 0 Å². The summed E-state index contributed by atoms with van der Waals surface area (Å²) in [4.78, 5) is 11.5. The highest BCUT2D eigenvalue weighted by atomic mass is 19.1. The molecule has 1 aromatic carbocycles. The third-order valence-corrected chi connectivity index (χ3v) is 2.87. The summed E-state index contributed by atoms with van der Waals surface area (Å²) in [6.07, 6.45) is 2.81. The second kappa shape index (κ2) is 10.2.